The van der Waals surface area contributed by atoms with Crippen molar-refractivity contribution in [2.45, 2.75) is 23.2 Å². The van der Waals surface area contributed by atoms with Crippen LogP contribution in [-0.2, 0) is 10.2 Å². The van der Waals surface area contributed by atoms with Crippen LogP contribution < -0.4 is 5.32 Å². The Morgan fingerprint density at radius 3 is 2.46 bits per heavy atom. The highest BCUT2D eigenvalue weighted by molar-refractivity contribution is 7.98. The largest absolute Gasteiger partial charge is 0.381 e. The van der Waals surface area contributed by atoms with E-state index in [0.29, 0.717) is 6.54 Å². The first kappa shape index (κ1) is 17.1. The van der Waals surface area contributed by atoms with E-state index >= 15 is 0 Å². The minimum absolute atomic E-state index is 0.00162. The molecule has 1 amide bonds. The molecule has 4 heteroatoms. The smallest absolute Gasteiger partial charge is 0.252 e. The summed E-state index contributed by atoms with van der Waals surface area (Å²) in [6, 6.07) is 18.2. The molecule has 1 N–H and O–H groups in total. The maximum absolute atomic E-state index is 12.7. The lowest BCUT2D eigenvalue weighted by molar-refractivity contribution is 0.0487. The molecular weight excluding hydrogens is 318 g/mol. The highest BCUT2D eigenvalue weighted by atomic mass is 32.2. The standard InChI is InChI=1S/C20H23NO2S/c1-24-18-10-6-5-9-17(18)19(22)21-15-20(11-13-23-14-12-20)16-7-3-2-4-8-16/h2-10H,11-15H2,1H3,(H,21,22). The lowest BCUT2D eigenvalue weighted by Gasteiger charge is -2.38. The van der Waals surface area contributed by atoms with Gasteiger partial charge in [0.05, 0.1) is 5.56 Å². The summed E-state index contributed by atoms with van der Waals surface area (Å²) in [6.07, 6.45) is 3.86. The van der Waals surface area contributed by atoms with Crippen molar-refractivity contribution in [1.82, 2.24) is 5.32 Å². The number of amides is 1. The highest BCUT2D eigenvalue weighted by Crippen LogP contribution is 2.34. The number of ether oxygens (including phenoxy) is 1. The van der Waals surface area contributed by atoms with Gasteiger partial charge in [0.15, 0.2) is 0 Å². The predicted octanol–water partition coefficient (Wildman–Crippen LogP) is 3.89. The van der Waals surface area contributed by atoms with Crippen LogP contribution in [0.3, 0.4) is 0 Å². The van der Waals surface area contributed by atoms with E-state index in [0.717, 1.165) is 36.5 Å². The van der Waals surface area contributed by atoms with Gasteiger partial charge in [0.1, 0.15) is 0 Å². The fourth-order valence-electron chi connectivity index (χ4n) is 3.30. The average Bonchev–Trinajstić information content (AvgIpc) is 2.67. The summed E-state index contributed by atoms with van der Waals surface area (Å²) in [5.74, 6) is 0.00162. The molecule has 0 radical (unpaired) electrons. The zero-order chi connectivity index (χ0) is 16.8. The molecule has 0 bridgehead atoms. The first-order valence-electron chi connectivity index (χ1n) is 8.30. The quantitative estimate of drug-likeness (QED) is 0.839. The second-order valence-electron chi connectivity index (χ2n) is 6.14. The number of thioether (sulfide) groups is 1. The van der Waals surface area contributed by atoms with Gasteiger partial charge in [0.2, 0.25) is 0 Å². The van der Waals surface area contributed by atoms with Gasteiger partial charge in [0.25, 0.3) is 5.91 Å². The van der Waals surface area contributed by atoms with E-state index in [-0.39, 0.29) is 11.3 Å². The van der Waals surface area contributed by atoms with Crippen molar-refractivity contribution in [3.05, 3.63) is 65.7 Å². The topological polar surface area (TPSA) is 38.3 Å². The van der Waals surface area contributed by atoms with Crippen LogP contribution in [0.1, 0.15) is 28.8 Å². The van der Waals surface area contributed by atoms with Gasteiger partial charge in [-0.3, -0.25) is 4.79 Å². The Morgan fingerprint density at radius 1 is 1.08 bits per heavy atom. The molecule has 0 atom stereocenters. The molecule has 0 unspecified atom stereocenters. The van der Waals surface area contributed by atoms with E-state index in [9.17, 15) is 4.79 Å². The Balaban J connectivity index is 1.78. The van der Waals surface area contributed by atoms with Crippen LogP contribution in [-0.4, -0.2) is 31.9 Å². The summed E-state index contributed by atoms with van der Waals surface area (Å²) in [5.41, 5.74) is 2.00. The Hall–Kier alpha value is -1.78. The summed E-state index contributed by atoms with van der Waals surface area (Å²) in [5, 5.41) is 3.17. The summed E-state index contributed by atoms with van der Waals surface area (Å²) in [7, 11) is 0. The van der Waals surface area contributed by atoms with Gasteiger partial charge >= 0.3 is 0 Å². The normalized spacial score (nSPS) is 16.5. The van der Waals surface area contributed by atoms with Crippen molar-refractivity contribution in [3.63, 3.8) is 0 Å². The Bertz CT molecular complexity index is 681. The fourth-order valence-corrected chi connectivity index (χ4v) is 3.89. The fraction of sp³-hybridized carbons (Fsp3) is 0.350. The number of carbonyl (C=O) groups is 1. The third kappa shape index (κ3) is 3.65. The zero-order valence-electron chi connectivity index (χ0n) is 14.0. The highest BCUT2D eigenvalue weighted by Gasteiger charge is 2.34. The molecule has 0 aromatic heterocycles. The van der Waals surface area contributed by atoms with Crippen molar-refractivity contribution < 1.29 is 9.53 Å². The summed E-state index contributed by atoms with van der Waals surface area (Å²) in [6.45, 7) is 2.13. The molecule has 24 heavy (non-hydrogen) atoms. The van der Waals surface area contributed by atoms with Crippen molar-refractivity contribution >= 4 is 17.7 Å². The van der Waals surface area contributed by atoms with Crippen molar-refractivity contribution in [3.8, 4) is 0 Å². The SMILES string of the molecule is CSc1ccccc1C(=O)NCC1(c2ccccc2)CCOCC1. The molecule has 2 aromatic rings. The summed E-state index contributed by atoms with van der Waals surface area (Å²) < 4.78 is 5.56. The van der Waals surface area contributed by atoms with Crippen LogP contribution in [0.25, 0.3) is 0 Å². The zero-order valence-corrected chi connectivity index (χ0v) is 14.8. The lowest BCUT2D eigenvalue weighted by atomic mass is 9.74. The first-order chi connectivity index (χ1) is 11.7. The van der Waals surface area contributed by atoms with Crippen molar-refractivity contribution in [2.24, 2.45) is 0 Å². The van der Waals surface area contributed by atoms with Gasteiger partial charge in [-0.1, -0.05) is 42.5 Å². The van der Waals surface area contributed by atoms with E-state index in [1.165, 1.54) is 5.56 Å². The van der Waals surface area contributed by atoms with Gasteiger partial charge < -0.3 is 10.1 Å². The number of rotatable bonds is 5. The minimum atomic E-state index is -0.0382. The van der Waals surface area contributed by atoms with Crippen LogP contribution in [0.15, 0.2) is 59.5 Å². The number of carbonyl (C=O) groups excluding carboxylic acids is 1. The number of benzene rings is 2. The van der Waals surface area contributed by atoms with Gasteiger partial charge in [-0.2, -0.15) is 0 Å². The van der Waals surface area contributed by atoms with E-state index in [1.807, 2.05) is 36.6 Å². The lowest BCUT2D eigenvalue weighted by Crippen LogP contribution is -2.44. The van der Waals surface area contributed by atoms with E-state index < -0.39 is 0 Å². The molecule has 1 fully saturated rings. The first-order valence-corrected chi connectivity index (χ1v) is 9.52. The summed E-state index contributed by atoms with van der Waals surface area (Å²) in [4.78, 5) is 13.7. The number of hydrogen-bond donors (Lipinski definition) is 1. The molecule has 3 rings (SSSR count). The van der Waals surface area contributed by atoms with Crippen LogP contribution in [0.5, 0.6) is 0 Å². The maximum Gasteiger partial charge on any atom is 0.252 e. The minimum Gasteiger partial charge on any atom is -0.381 e. The van der Waals surface area contributed by atoms with Gasteiger partial charge in [-0.05, 0) is 36.8 Å². The molecule has 0 spiro atoms. The molecule has 1 aliphatic heterocycles. The molecular formula is C20H23NO2S. The molecule has 0 aliphatic carbocycles. The summed E-state index contributed by atoms with van der Waals surface area (Å²) >= 11 is 1.60. The second-order valence-corrected chi connectivity index (χ2v) is 6.99. The predicted molar refractivity (Wildman–Crippen MR) is 98.7 cm³/mol. The molecule has 1 aliphatic rings. The average molecular weight is 341 g/mol. The molecule has 3 nitrogen and oxygen atoms in total. The van der Waals surface area contributed by atoms with Gasteiger partial charge in [-0.15, -0.1) is 11.8 Å². The maximum atomic E-state index is 12.7. The molecule has 1 saturated heterocycles. The molecule has 126 valence electrons. The Morgan fingerprint density at radius 2 is 1.75 bits per heavy atom. The number of nitrogens with one attached hydrogen (secondary N) is 1. The van der Waals surface area contributed by atoms with Crippen LogP contribution >= 0.6 is 11.8 Å². The third-order valence-corrected chi connectivity index (χ3v) is 5.57. The van der Waals surface area contributed by atoms with Crippen LogP contribution in [0.4, 0.5) is 0 Å². The van der Waals surface area contributed by atoms with E-state index in [1.54, 1.807) is 11.8 Å². The molecule has 0 saturated carbocycles. The Kier molecular flexibility index (Phi) is 5.59. The Labute approximate surface area is 147 Å². The van der Waals surface area contributed by atoms with Gasteiger partial charge in [-0.25, -0.2) is 0 Å². The third-order valence-electron chi connectivity index (χ3n) is 4.78. The molecule has 2 aromatic carbocycles. The van der Waals surface area contributed by atoms with E-state index in [4.69, 9.17) is 4.74 Å². The van der Waals surface area contributed by atoms with Crippen molar-refractivity contribution in [2.75, 3.05) is 26.0 Å². The van der Waals surface area contributed by atoms with Crippen LogP contribution in [0.2, 0.25) is 0 Å². The van der Waals surface area contributed by atoms with Gasteiger partial charge in [0, 0.05) is 30.1 Å². The molecule has 1 heterocycles. The van der Waals surface area contributed by atoms with Crippen LogP contribution in [0, 0.1) is 0 Å². The monoisotopic (exact) mass is 341 g/mol. The second kappa shape index (κ2) is 7.86. The number of hydrogen-bond acceptors (Lipinski definition) is 3. The van der Waals surface area contributed by atoms with Crippen molar-refractivity contribution in [1.29, 1.82) is 0 Å². The van der Waals surface area contributed by atoms with E-state index in [2.05, 4.69) is 29.6 Å².